The maximum Gasteiger partial charge on any atom is 0.222 e. The van der Waals surface area contributed by atoms with Crippen LogP contribution in [0.4, 0.5) is 0 Å². The van der Waals surface area contributed by atoms with Gasteiger partial charge in [0.25, 0.3) is 0 Å². The van der Waals surface area contributed by atoms with Gasteiger partial charge in [-0.25, -0.2) is 9.97 Å². The predicted molar refractivity (Wildman–Crippen MR) is 101 cm³/mol. The van der Waals surface area contributed by atoms with Crippen LogP contribution < -0.4 is 0 Å². The van der Waals surface area contributed by atoms with Crippen molar-refractivity contribution in [3.63, 3.8) is 0 Å². The van der Waals surface area contributed by atoms with E-state index >= 15 is 0 Å². The first kappa shape index (κ1) is 18.5. The van der Waals surface area contributed by atoms with Crippen LogP contribution in [-0.2, 0) is 22.6 Å². The Hall–Kier alpha value is -2.27. The Morgan fingerprint density at radius 2 is 2.12 bits per heavy atom. The second kappa shape index (κ2) is 8.90. The Bertz CT molecular complexity index is 733. The van der Waals surface area contributed by atoms with E-state index in [0.29, 0.717) is 13.0 Å². The second-order valence-corrected chi connectivity index (χ2v) is 6.93. The van der Waals surface area contributed by atoms with Gasteiger partial charge in [-0.2, -0.15) is 0 Å². The molecule has 2 heterocycles. The molecule has 138 valence electrons. The molecule has 1 aromatic heterocycles. The van der Waals surface area contributed by atoms with E-state index < -0.39 is 0 Å². The lowest BCUT2D eigenvalue weighted by molar-refractivity contribution is -0.132. The number of hydrogen-bond donors (Lipinski definition) is 0. The van der Waals surface area contributed by atoms with Crippen molar-refractivity contribution in [1.82, 2.24) is 14.9 Å². The number of benzene rings is 1. The molecule has 1 unspecified atom stereocenters. The standard InChI is InChI=1S/C21H27N3O2/c1-16-22-13-19(15-26-2)21(23-16)18-9-6-12-24(14-18)20(25)11-10-17-7-4-3-5-8-17/h3-5,7-8,13,18H,6,9-12,14-15H2,1-2H3. The predicted octanol–water partition coefficient (Wildman–Crippen LogP) is 3.27. The van der Waals surface area contributed by atoms with Crippen LogP contribution in [0.2, 0.25) is 0 Å². The zero-order valence-corrected chi connectivity index (χ0v) is 15.6. The lowest BCUT2D eigenvalue weighted by Crippen LogP contribution is -2.39. The first-order valence-corrected chi connectivity index (χ1v) is 9.30. The number of hydrogen-bond acceptors (Lipinski definition) is 4. The van der Waals surface area contributed by atoms with Gasteiger partial charge in [0.1, 0.15) is 5.82 Å². The van der Waals surface area contributed by atoms with Crippen molar-refractivity contribution in [3.8, 4) is 0 Å². The van der Waals surface area contributed by atoms with Crippen molar-refractivity contribution in [2.45, 2.75) is 45.1 Å². The van der Waals surface area contributed by atoms with Gasteiger partial charge in [-0.05, 0) is 31.7 Å². The summed E-state index contributed by atoms with van der Waals surface area (Å²) in [5.74, 6) is 1.27. The molecule has 3 rings (SSSR count). The molecule has 2 aromatic rings. The van der Waals surface area contributed by atoms with Gasteiger partial charge < -0.3 is 9.64 Å². The summed E-state index contributed by atoms with van der Waals surface area (Å²) in [6, 6.07) is 10.2. The molecule has 1 amide bonds. The fourth-order valence-electron chi connectivity index (χ4n) is 3.61. The summed E-state index contributed by atoms with van der Waals surface area (Å²) < 4.78 is 5.30. The highest BCUT2D eigenvalue weighted by Crippen LogP contribution is 2.28. The second-order valence-electron chi connectivity index (χ2n) is 6.93. The first-order chi connectivity index (χ1) is 12.7. The summed E-state index contributed by atoms with van der Waals surface area (Å²) in [6.45, 7) is 3.99. The van der Waals surface area contributed by atoms with Gasteiger partial charge in [0.15, 0.2) is 0 Å². The number of piperidine rings is 1. The molecule has 5 heteroatoms. The summed E-state index contributed by atoms with van der Waals surface area (Å²) in [4.78, 5) is 23.7. The third kappa shape index (κ3) is 4.67. The molecule has 0 radical (unpaired) electrons. The Balaban J connectivity index is 1.65. The van der Waals surface area contributed by atoms with Gasteiger partial charge in [0.05, 0.1) is 12.3 Å². The maximum atomic E-state index is 12.7. The van der Waals surface area contributed by atoms with Gasteiger partial charge in [-0.3, -0.25) is 4.79 Å². The normalized spacial score (nSPS) is 17.3. The molecule has 0 bridgehead atoms. The van der Waals surface area contributed by atoms with Crippen LogP contribution in [0.25, 0.3) is 0 Å². The molecule has 1 atom stereocenters. The maximum absolute atomic E-state index is 12.7. The molecule has 1 fully saturated rings. The summed E-state index contributed by atoms with van der Waals surface area (Å²) in [7, 11) is 1.68. The Kier molecular flexibility index (Phi) is 6.34. The summed E-state index contributed by atoms with van der Waals surface area (Å²) in [6.07, 6.45) is 5.27. The highest BCUT2D eigenvalue weighted by Gasteiger charge is 2.27. The van der Waals surface area contributed by atoms with Gasteiger partial charge in [-0.15, -0.1) is 0 Å². The van der Waals surface area contributed by atoms with E-state index in [0.717, 1.165) is 49.4 Å². The molecule has 1 aliphatic rings. The number of aromatic nitrogens is 2. The zero-order valence-electron chi connectivity index (χ0n) is 15.6. The highest BCUT2D eigenvalue weighted by atomic mass is 16.5. The number of carbonyl (C=O) groups excluding carboxylic acids is 1. The molecule has 1 saturated heterocycles. The van der Waals surface area contributed by atoms with Crippen LogP contribution in [0.5, 0.6) is 0 Å². The average Bonchev–Trinajstić information content (AvgIpc) is 2.68. The quantitative estimate of drug-likeness (QED) is 0.800. The molecule has 0 N–H and O–H groups in total. The van der Waals surface area contributed by atoms with Crippen molar-refractivity contribution in [2.75, 3.05) is 20.2 Å². The van der Waals surface area contributed by atoms with Gasteiger partial charge in [0.2, 0.25) is 5.91 Å². The Morgan fingerprint density at radius 3 is 2.88 bits per heavy atom. The third-order valence-corrected chi connectivity index (χ3v) is 4.95. The number of likely N-dealkylation sites (tertiary alicyclic amines) is 1. The van der Waals surface area contributed by atoms with Gasteiger partial charge in [-0.1, -0.05) is 30.3 Å². The molecule has 5 nitrogen and oxygen atoms in total. The monoisotopic (exact) mass is 353 g/mol. The Morgan fingerprint density at radius 1 is 1.31 bits per heavy atom. The smallest absolute Gasteiger partial charge is 0.222 e. The molecule has 0 saturated carbocycles. The van der Waals surface area contributed by atoms with Crippen molar-refractivity contribution < 1.29 is 9.53 Å². The van der Waals surface area contributed by atoms with E-state index in [4.69, 9.17) is 4.74 Å². The van der Waals surface area contributed by atoms with E-state index in [1.807, 2.05) is 36.2 Å². The molecular formula is C21H27N3O2. The minimum Gasteiger partial charge on any atom is -0.380 e. The van der Waals surface area contributed by atoms with Crippen molar-refractivity contribution in [1.29, 1.82) is 0 Å². The molecule has 26 heavy (non-hydrogen) atoms. The largest absolute Gasteiger partial charge is 0.380 e. The van der Waals surface area contributed by atoms with E-state index in [2.05, 4.69) is 22.1 Å². The molecule has 0 spiro atoms. The highest BCUT2D eigenvalue weighted by molar-refractivity contribution is 5.76. The van der Waals surface area contributed by atoms with E-state index in [9.17, 15) is 4.79 Å². The van der Waals surface area contributed by atoms with Gasteiger partial charge in [0, 0.05) is 44.3 Å². The molecule has 1 aliphatic heterocycles. The third-order valence-electron chi connectivity index (χ3n) is 4.95. The van der Waals surface area contributed by atoms with Crippen LogP contribution in [0.3, 0.4) is 0 Å². The number of carbonyl (C=O) groups is 1. The van der Waals surface area contributed by atoms with Crippen molar-refractivity contribution in [2.24, 2.45) is 0 Å². The van der Waals surface area contributed by atoms with Crippen LogP contribution >= 0.6 is 0 Å². The zero-order chi connectivity index (χ0) is 18.4. The number of rotatable bonds is 6. The van der Waals surface area contributed by atoms with Crippen LogP contribution in [0, 0.1) is 6.92 Å². The van der Waals surface area contributed by atoms with Crippen LogP contribution in [0.1, 0.15) is 47.8 Å². The molecule has 0 aliphatic carbocycles. The minimum absolute atomic E-state index is 0.234. The van der Waals surface area contributed by atoms with Gasteiger partial charge >= 0.3 is 0 Å². The van der Waals surface area contributed by atoms with Crippen molar-refractivity contribution in [3.05, 3.63) is 59.2 Å². The average molecular weight is 353 g/mol. The van der Waals surface area contributed by atoms with Crippen LogP contribution in [-0.4, -0.2) is 41.0 Å². The summed E-state index contributed by atoms with van der Waals surface area (Å²) in [5.41, 5.74) is 3.28. The van der Waals surface area contributed by atoms with Crippen molar-refractivity contribution >= 4 is 5.91 Å². The lowest BCUT2D eigenvalue weighted by Gasteiger charge is -2.33. The number of amides is 1. The SMILES string of the molecule is COCc1cnc(C)nc1C1CCCN(C(=O)CCc2ccccc2)C1. The number of methoxy groups -OCH3 is 1. The minimum atomic E-state index is 0.234. The fourth-order valence-corrected chi connectivity index (χ4v) is 3.61. The summed E-state index contributed by atoms with van der Waals surface area (Å²) >= 11 is 0. The van der Waals surface area contributed by atoms with E-state index in [-0.39, 0.29) is 11.8 Å². The number of nitrogens with zero attached hydrogens (tertiary/aromatic N) is 3. The molecule has 1 aromatic carbocycles. The first-order valence-electron chi connectivity index (χ1n) is 9.30. The van der Waals surface area contributed by atoms with E-state index in [1.54, 1.807) is 7.11 Å². The topological polar surface area (TPSA) is 55.3 Å². The van der Waals surface area contributed by atoms with E-state index in [1.165, 1.54) is 5.56 Å². The summed E-state index contributed by atoms with van der Waals surface area (Å²) in [5, 5.41) is 0. The fraction of sp³-hybridized carbons (Fsp3) is 0.476. The lowest BCUT2D eigenvalue weighted by atomic mass is 9.91. The van der Waals surface area contributed by atoms with Crippen LogP contribution in [0.15, 0.2) is 36.5 Å². The number of aryl methyl sites for hydroxylation is 2. The number of ether oxygens (including phenoxy) is 1. The molecular weight excluding hydrogens is 326 g/mol. The Labute approximate surface area is 155 Å².